The van der Waals surface area contributed by atoms with E-state index in [2.05, 4.69) is 27.1 Å². The Bertz CT molecular complexity index is 1010. The van der Waals surface area contributed by atoms with Crippen LogP contribution < -0.4 is 16.1 Å². The molecule has 1 saturated carbocycles. The fourth-order valence-corrected chi connectivity index (χ4v) is 6.54. The molecule has 33 heavy (non-hydrogen) atoms. The van der Waals surface area contributed by atoms with E-state index in [1.807, 2.05) is 0 Å². The number of rotatable bonds is 4. The van der Waals surface area contributed by atoms with Gasteiger partial charge < -0.3 is 10.6 Å². The number of nitrogens with zero attached hydrogens (tertiary/aromatic N) is 2. The predicted molar refractivity (Wildman–Crippen MR) is 127 cm³/mol. The van der Waals surface area contributed by atoms with Gasteiger partial charge in [0.15, 0.2) is 9.84 Å². The van der Waals surface area contributed by atoms with Crippen LogP contribution in [0.1, 0.15) is 59.3 Å². The number of sulfone groups is 1. The molecule has 4 rings (SSSR count). The number of nitriles is 1. The molecule has 2 heterocycles. The molecule has 1 aromatic rings. The Kier molecular flexibility index (Phi) is 6.72. The second kappa shape index (κ2) is 9.24. The lowest BCUT2D eigenvalue weighted by molar-refractivity contribution is -0.128. The van der Waals surface area contributed by atoms with Crippen molar-refractivity contribution in [2.75, 3.05) is 11.9 Å². The van der Waals surface area contributed by atoms with Crippen LogP contribution in [0, 0.1) is 23.2 Å². The average Bonchev–Trinajstić information content (AvgIpc) is 2.97. The zero-order chi connectivity index (χ0) is 23.8. The molecule has 1 aliphatic carbocycles. The van der Waals surface area contributed by atoms with Crippen molar-refractivity contribution in [3.8, 4) is 6.07 Å². The number of fused-ring (bicyclic) bond motifs is 1. The van der Waals surface area contributed by atoms with Gasteiger partial charge in [-0.2, -0.15) is 5.26 Å². The van der Waals surface area contributed by atoms with Crippen LogP contribution in [0.25, 0.3) is 0 Å². The fraction of sp³-hybridized carbons (Fsp3) is 0.667. The summed E-state index contributed by atoms with van der Waals surface area (Å²) in [5.74, 6) is -0.335. The molecule has 8 nitrogen and oxygen atoms in total. The van der Waals surface area contributed by atoms with Gasteiger partial charge in [-0.1, -0.05) is 19.3 Å². The third-order valence-corrected chi connectivity index (χ3v) is 9.76. The topological polar surface area (TPSA) is 114 Å². The zero-order valence-electron chi connectivity index (χ0n) is 19.7. The largest absolute Gasteiger partial charge is 0.368 e. The van der Waals surface area contributed by atoms with E-state index in [4.69, 9.17) is 0 Å². The summed E-state index contributed by atoms with van der Waals surface area (Å²) in [5, 5.41) is 18.4. The van der Waals surface area contributed by atoms with E-state index in [0.29, 0.717) is 6.54 Å². The van der Waals surface area contributed by atoms with Gasteiger partial charge in [0.05, 0.1) is 27.5 Å². The van der Waals surface area contributed by atoms with Crippen LogP contribution in [-0.2, 0) is 14.6 Å². The highest BCUT2D eigenvalue weighted by Crippen LogP contribution is 2.36. The summed E-state index contributed by atoms with van der Waals surface area (Å²) in [5.41, 5.74) is 4.28. The number of benzene rings is 1. The lowest BCUT2D eigenvalue weighted by Gasteiger charge is -2.36. The first-order chi connectivity index (χ1) is 15.6. The highest BCUT2D eigenvalue weighted by Gasteiger charge is 2.50. The maximum absolute atomic E-state index is 12.9. The van der Waals surface area contributed by atoms with E-state index in [1.165, 1.54) is 0 Å². The van der Waals surface area contributed by atoms with E-state index in [0.717, 1.165) is 44.2 Å². The summed E-state index contributed by atoms with van der Waals surface area (Å²) in [6, 6.07) is 9.36. The summed E-state index contributed by atoms with van der Waals surface area (Å²) >= 11 is 0. The fourth-order valence-electron chi connectivity index (χ4n) is 5.34. The molecule has 2 saturated heterocycles. The summed E-state index contributed by atoms with van der Waals surface area (Å²) < 4.78 is 24.6. The van der Waals surface area contributed by atoms with Crippen LogP contribution in [0.2, 0.25) is 0 Å². The van der Waals surface area contributed by atoms with Gasteiger partial charge in [-0.3, -0.25) is 4.79 Å². The monoisotopic (exact) mass is 473 g/mol. The Morgan fingerprint density at radius 1 is 1.06 bits per heavy atom. The highest BCUT2D eigenvalue weighted by molar-refractivity contribution is 7.92. The Morgan fingerprint density at radius 2 is 1.76 bits per heavy atom. The maximum atomic E-state index is 12.9. The van der Waals surface area contributed by atoms with Gasteiger partial charge >= 0.3 is 0 Å². The molecule has 0 bridgehead atoms. The van der Waals surface area contributed by atoms with Crippen molar-refractivity contribution in [1.29, 1.82) is 5.26 Å². The minimum absolute atomic E-state index is 0.00723. The number of hydrazine groups is 1. The van der Waals surface area contributed by atoms with Gasteiger partial charge in [-0.15, -0.1) is 0 Å². The molecule has 3 fully saturated rings. The molecule has 0 radical (unpaired) electrons. The molecule has 9 heteroatoms. The molecule has 1 aromatic carbocycles. The Morgan fingerprint density at radius 3 is 2.42 bits per heavy atom. The van der Waals surface area contributed by atoms with Crippen molar-refractivity contribution in [1.82, 2.24) is 15.8 Å². The van der Waals surface area contributed by atoms with Crippen LogP contribution in [0.4, 0.5) is 5.69 Å². The number of anilines is 1. The van der Waals surface area contributed by atoms with Crippen LogP contribution in [0.5, 0.6) is 0 Å². The lowest BCUT2D eigenvalue weighted by atomic mass is 9.88. The molecule has 3 N–H and O–H groups in total. The number of carbonyl (C=O) groups excluding carboxylic acids is 1. The molecule has 1 amide bonds. The second-order valence-electron chi connectivity index (χ2n) is 10.4. The van der Waals surface area contributed by atoms with E-state index in [-0.39, 0.29) is 40.9 Å². The molecule has 0 spiro atoms. The van der Waals surface area contributed by atoms with Gasteiger partial charge in [0.25, 0.3) is 0 Å². The molecule has 3 aliphatic rings. The summed E-state index contributed by atoms with van der Waals surface area (Å²) in [7, 11) is -3.43. The molecule has 0 aromatic heterocycles. The summed E-state index contributed by atoms with van der Waals surface area (Å²) in [6.07, 6.45) is 5.65. The van der Waals surface area contributed by atoms with Crippen molar-refractivity contribution in [3.63, 3.8) is 0 Å². The highest BCUT2D eigenvalue weighted by atomic mass is 32.2. The number of hydrogen-bond donors (Lipinski definition) is 3. The normalized spacial score (nSPS) is 31.2. The van der Waals surface area contributed by atoms with Crippen LogP contribution in [-0.4, -0.2) is 48.9 Å². The SMILES string of the molecule is CC(C)(C)S(=O)(=O)c1ccc(NC2NN([C@@H]3CCCCC[C@H]3C#N)C3CCNC(=O)C23)cc1. The van der Waals surface area contributed by atoms with Gasteiger partial charge in [0.1, 0.15) is 6.17 Å². The first-order valence-electron chi connectivity index (χ1n) is 12.0. The number of hydrogen-bond acceptors (Lipinski definition) is 7. The minimum Gasteiger partial charge on any atom is -0.368 e. The lowest BCUT2D eigenvalue weighted by Crippen LogP contribution is -2.53. The van der Waals surface area contributed by atoms with Gasteiger partial charge in [-0.05, 0) is 64.3 Å². The van der Waals surface area contributed by atoms with Crippen molar-refractivity contribution in [2.45, 2.75) is 87.2 Å². The molecular formula is C24H35N5O3S. The number of piperidine rings is 1. The molecule has 5 atom stereocenters. The van der Waals surface area contributed by atoms with Crippen LogP contribution in [0.3, 0.4) is 0 Å². The van der Waals surface area contributed by atoms with Gasteiger partial charge in [0, 0.05) is 24.3 Å². The summed E-state index contributed by atoms with van der Waals surface area (Å²) in [4.78, 5) is 13.1. The standard InChI is InChI=1S/C24H35N5O3S/c1-24(2,3)33(31,32)18-11-9-17(10-12-18)27-22-21-20(13-14-26-23(21)30)29(28-22)19-8-6-4-5-7-16(19)15-25/h9-12,16,19-22,27-28H,4-8,13-14H2,1-3H3,(H,26,30)/t16-,19+,20?,21?,22?/m0/s1. The molecule has 180 valence electrons. The first-order valence-corrected chi connectivity index (χ1v) is 13.4. The van der Waals surface area contributed by atoms with Crippen molar-refractivity contribution < 1.29 is 13.2 Å². The predicted octanol–water partition coefficient (Wildman–Crippen LogP) is 2.79. The Balaban J connectivity index is 1.56. The third-order valence-electron chi connectivity index (χ3n) is 7.26. The average molecular weight is 474 g/mol. The van der Waals surface area contributed by atoms with E-state index < -0.39 is 14.6 Å². The van der Waals surface area contributed by atoms with Crippen molar-refractivity contribution in [3.05, 3.63) is 24.3 Å². The van der Waals surface area contributed by atoms with Crippen LogP contribution in [0.15, 0.2) is 29.2 Å². The maximum Gasteiger partial charge on any atom is 0.228 e. The third kappa shape index (κ3) is 4.61. The quantitative estimate of drug-likeness (QED) is 0.576. The number of amides is 1. The van der Waals surface area contributed by atoms with E-state index in [1.54, 1.807) is 45.0 Å². The van der Waals surface area contributed by atoms with E-state index in [9.17, 15) is 18.5 Å². The first kappa shape index (κ1) is 24.0. The molecular weight excluding hydrogens is 438 g/mol. The minimum atomic E-state index is -3.43. The zero-order valence-corrected chi connectivity index (χ0v) is 20.5. The van der Waals surface area contributed by atoms with Gasteiger partial charge in [0.2, 0.25) is 5.91 Å². The van der Waals surface area contributed by atoms with E-state index >= 15 is 0 Å². The van der Waals surface area contributed by atoms with Crippen LogP contribution >= 0.6 is 0 Å². The number of nitrogens with one attached hydrogen (secondary N) is 3. The molecule has 3 unspecified atom stereocenters. The second-order valence-corrected chi connectivity index (χ2v) is 13.1. The molecule has 2 aliphatic heterocycles. The Hall–Kier alpha value is -2.15. The number of carbonyl (C=O) groups is 1. The van der Waals surface area contributed by atoms with Crippen molar-refractivity contribution >= 4 is 21.4 Å². The van der Waals surface area contributed by atoms with Crippen molar-refractivity contribution in [2.24, 2.45) is 11.8 Å². The smallest absolute Gasteiger partial charge is 0.228 e. The Labute approximate surface area is 197 Å². The summed E-state index contributed by atoms with van der Waals surface area (Å²) in [6.45, 7) is 5.70. The van der Waals surface area contributed by atoms with Gasteiger partial charge in [-0.25, -0.2) is 18.9 Å².